The average molecular weight is 251 g/mol. The van der Waals surface area contributed by atoms with Crippen molar-refractivity contribution in [2.75, 3.05) is 13.2 Å². The lowest BCUT2D eigenvalue weighted by molar-refractivity contribution is 0.0774. The third-order valence-electron chi connectivity index (χ3n) is 3.93. The van der Waals surface area contributed by atoms with Gasteiger partial charge >= 0.3 is 0 Å². The molecule has 0 spiro atoms. The molecule has 2 rings (SSSR count). The molecule has 3 atom stereocenters. The molecule has 0 saturated carbocycles. The van der Waals surface area contributed by atoms with Gasteiger partial charge in [0.2, 0.25) is 0 Å². The lowest BCUT2D eigenvalue weighted by atomic mass is 9.86. The molecule has 1 aliphatic rings. The third-order valence-corrected chi connectivity index (χ3v) is 3.93. The highest BCUT2D eigenvalue weighted by Gasteiger charge is 2.35. The average Bonchev–Trinajstić information content (AvgIpc) is 2.92. The van der Waals surface area contributed by atoms with Crippen LogP contribution in [-0.2, 0) is 4.74 Å². The fraction of sp³-hybridized carbons (Fsp3) is 0.733. The first kappa shape index (κ1) is 13.6. The summed E-state index contributed by atoms with van der Waals surface area (Å²) in [5, 5.41) is 3.62. The zero-order valence-electron chi connectivity index (χ0n) is 12.0. The van der Waals surface area contributed by atoms with Gasteiger partial charge in [-0.3, -0.25) is 0 Å². The Morgan fingerprint density at radius 2 is 2.17 bits per heavy atom. The Morgan fingerprint density at radius 1 is 1.39 bits per heavy atom. The van der Waals surface area contributed by atoms with Gasteiger partial charge in [0.15, 0.2) is 0 Å². The molecule has 102 valence electrons. The van der Waals surface area contributed by atoms with Gasteiger partial charge in [-0.05, 0) is 39.3 Å². The Hall–Kier alpha value is -0.800. The third kappa shape index (κ3) is 2.62. The lowest BCUT2D eigenvalue weighted by Crippen LogP contribution is -2.32. The van der Waals surface area contributed by atoms with Crippen LogP contribution in [0, 0.1) is 19.8 Å². The standard InChI is InChI=1S/C15H25NO2/c1-5-14-12(7-8-17-14)15(16-6-2)13-9-10(3)18-11(13)4/h9,12,14-16H,5-8H2,1-4H3. The van der Waals surface area contributed by atoms with Crippen molar-refractivity contribution in [2.45, 2.75) is 52.7 Å². The topological polar surface area (TPSA) is 34.4 Å². The summed E-state index contributed by atoms with van der Waals surface area (Å²) < 4.78 is 11.5. The number of furan rings is 1. The van der Waals surface area contributed by atoms with Crippen molar-refractivity contribution >= 4 is 0 Å². The van der Waals surface area contributed by atoms with Gasteiger partial charge in [-0.15, -0.1) is 0 Å². The smallest absolute Gasteiger partial charge is 0.105 e. The fourth-order valence-corrected chi connectivity index (χ4v) is 3.14. The number of nitrogens with one attached hydrogen (secondary N) is 1. The van der Waals surface area contributed by atoms with E-state index in [1.807, 2.05) is 6.92 Å². The Morgan fingerprint density at radius 3 is 2.72 bits per heavy atom. The minimum absolute atomic E-state index is 0.361. The lowest BCUT2D eigenvalue weighted by Gasteiger charge is -2.27. The van der Waals surface area contributed by atoms with E-state index in [4.69, 9.17) is 9.15 Å². The van der Waals surface area contributed by atoms with Crippen LogP contribution in [0.5, 0.6) is 0 Å². The molecule has 3 heteroatoms. The Balaban J connectivity index is 2.24. The molecular formula is C15H25NO2. The summed E-state index contributed by atoms with van der Waals surface area (Å²) in [6.07, 6.45) is 2.60. The predicted molar refractivity (Wildman–Crippen MR) is 72.7 cm³/mol. The normalized spacial score (nSPS) is 25.6. The van der Waals surface area contributed by atoms with E-state index in [2.05, 4.69) is 32.2 Å². The molecule has 0 amide bonds. The molecule has 0 aromatic carbocycles. The van der Waals surface area contributed by atoms with Crippen LogP contribution < -0.4 is 5.32 Å². The zero-order valence-corrected chi connectivity index (χ0v) is 12.0. The Bertz CT molecular complexity index is 386. The molecule has 2 heterocycles. The molecular weight excluding hydrogens is 226 g/mol. The quantitative estimate of drug-likeness (QED) is 0.871. The molecule has 0 aliphatic carbocycles. The Kier molecular flexibility index (Phi) is 4.46. The van der Waals surface area contributed by atoms with Crippen molar-refractivity contribution in [3.05, 3.63) is 23.2 Å². The van der Waals surface area contributed by atoms with Crippen LogP contribution in [0.15, 0.2) is 10.5 Å². The first-order valence-electron chi connectivity index (χ1n) is 7.09. The second-order valence-corrected chi connectivity index (χ2v) is 5.17. The van der Waals surface area contributed by atoms with Crippen LogP contribution in [0.3, 0.4) is 0 Å². The maximum absolute atomic E-state index is 5.84. The largest absolute Gasteiger partial charge is 0.466 e. The first-order chi connectivity index (χ1) is 8.67. The summed E-state index contributed by atoms with van der Waals surface area (Å²) >= 11 is 0. The molecule has 1 saturated heterocycles. The molecule has 1 fully saturated rings. The number of hydrogen-bond donors (Lipinski definition) is 1. The van der Waals surface area contributed by atoms with Crippen molar-refractivity contribution in [3.8, 4) is 0 Å². The number of hydrogen-bond acceptors (Lipinski definition) is 3. The maximum Gasteiger partial charge on any atom is 0.105 e. The van der Waals surface area contributed by atoms with E-state index in [-0.39, 0.29) is 0 Å². The van der Waals surface area contributed by atoms with Gasteiger partial charge in [0.1, 0.15) is 11.5 Å². The molecule has 1 aliphatic heterocycles. The van der Waals surface area contributed by atoms with Gasteiger partial charge in [0.05, 0.1) is 6.10 Å². The molecule has 18 heavy (non-hydrogen) atoms. The van der Waals surface area contributed by atoms with Crippen molar-refractivity contribution in [1.29, 1.82) is 0 Å². The van der Waals surface area contributed by atoms with Crippen LogP contribution >= 0.6 is 0 Å². The zero-order chi connectivity index (χ0) is 13.1. The van der Waals surface area contributed by atoms with Gasteiger partial charge in [0, 0.05) is 24.1 Å². The predicted octanol–water partition coefficient (Wildman–Crippen LogP) is 3.36. The second-order valence-electron chi connectivity index (χ2n) is 5.17. The SMILES string of the molecule is CCNC(c1cc(C)oc1C)C1CCOC1CC. The molecule has 1 aromatic rings. The second kappa shape index (κ2) is 5.89. The summed E-state index contributed by atoms with van der Waals surface area (Å²) in [5.41, 5.74) is 1.31. The molecule has 0 bridgehead atoms. The van der Waals surface area contributed by atoms with Crippen molar-refractivity contribution in [2.24, 2.45) is 5.92 Å². The molecule has 3 nitrogen and oxygen atoms in total. The van der Waals surface area contributed by atoms with Crippen molar-refractivity contribution < 1.29 is 9.15 Å². The highest BCUT2D eigenvalue weighted by atomic mass is 16.5. The minimum Gasteiger partial charge on any atom is -0.466 e. The summed E-state index contributed by atoms with van der Waals surface area (Å²) in [6, 6.07) is 2.54. The molecule has 1 aromatic heterocycles. The number of aryl methyl sites for hydroxylation is 2. The van der Waals surface area contributed by atoms with Gasteiger partial charge in [-0.25, -0.2) is 0 Å². The maximum atomic E-state index is 5.84. The van der Waals surface area contributed by atoms with Gasteiger partial charge in [-0.2, -0.15) is 0 Å². The van der Waals surface area contributed by atoms with Crippen molar-refractivity contribution in [1.82, 2.24) is 5.32 Å². The van der Waals surface area contributed by atoms with E-state index in [0.29, 0.717) is 18.1 Å². The number of rotatable bonds is 5. The number of ether oxygens (including phenoxy) is 1. The fourth-order valence-electron chi connectivity index (χ4n) is 3.14. The molecule has 1 N–H and O–H groups in total. The molecule has 0 radical (unpaired) electrons. The van der Waals surface area contributed by atoms with E-state index < -0.39 is 0 Å². The highest BCUT2D eigenvalue weighted by Crippen LogP contribution is 2.36. The van der Waals surface area contributed by atoms with E-state index >= 15 is 0 Å². The summed E-state index contributed by atoms with van der Waals surface area (Å²) in [7, 11) is 0. The minimum atomic E-state index is 0.361. The highest BCUT2D eigenvalue weighted by molar-refractivity contribution is 5.25. The van der Waals surface area contributed by atoms with Crippen LogP contribution in [0.2, 0.25) is 0 Å². The van der Waals surface area contributed by atoms with Crippen LogP contribution in [0.25, 0.3) is 0 Å². The molecule has 3 unspecified atom stereocenters. The van der Waals surface area contributed by atoms with Gasteiger partial charge in [0.25, 0.3) is 0 Å². The van der Waals surface area contributed by atoms with E-state index in [1.165, 1.54) is 5.56 Å². The van der Waals surface area contributed by atoms with E-state index in [1.54, 1.807) is 0 Å². The Labute approximate surface area is 110 Å². The van der Waals surface area contributed by atoms with Crippen LogP contribution in [0.4, 0.5) is 0 Å². The summed E-state index contributed by atoms with van der Waals surface area (Å²) in [6.45, 7) is 10.3. The van der Waals surface area contributed by atoms with Gasteiger partial charge < -0.3 is 14.5 Å². The van der Waals surface area contributed by atoms with Crippen molar-refractivity contribution in [3.63, 3.8) is 0 Å². The first-order valence-corrected chi connectivity index (χ1v) is 7.09. The van der Waals surface area contributed by atoms with Gasteiger partial charge in [-0.1, -0.05) is 13.8 Å². The summed E-state index contributed by atoms with van der Waals surface area (Å²) in [5.74, 6) is 2.60. The summed E-state index contributed by atoms with van der Waals surface area (Å²) in [4.78, 5) is 0. The van der Waals surface area contributed by atoms with Crippen LogP contribution in [0.1, 0.15) is 49.8 Å². The monoisotopic (exact) mass is 251 g/mol. The van der Waals surface area contributed by atoms with E-state index in [0.717, 1.165) is 37.5 Å². The van der Waals surface area contributed by atoms with E-state index in [9.17, 15) is 0 Å². The van der Waals surface area contributed by atoms with Crippen LogP contribution in [-0.4, -0.2) is 19.3 Å².